The number of carbonyl (C=O) groups excluding carboxylic acids is 1. The molecule has 2 fully saturated rings. The summed E-state index contributed by atoms with van der Waals surface area (Å²) in [6.45, 7) is 7.79. The summed E-state index contributed by atoms with van der Waals surface area (Å²) in [7, 11) is 0. The number of nitrogens with zero attached hydrogens (tertiary/aromatic N) is 2. The fourth-order valence-electron chi connectivity index (χ4n) is 4.51. The van der Waals surface area contributed by atoms with E-state index in [0.29, 0.717) is 22.4 Å². The molecule has 2 aliphatic heterocycles. The molecule has 0 saturated carbocycles. The molecule has 0 radical (unpaired) electrons. The van der Waals surface area contributed by atoms with Gasteiger partial charge in [-0.1, -0.05) is 45.2 Å². The maximum atomic E-state index is 12.9. The zero-order valence-corrected chi connectivity index (χ0v) is 20.1. The van der Waals surface area contributed by atoms with Gasteiger partial charge in [0.05, 0.1) is 10.6 Å². The lowest BCUT2D eigenvalue weighted by molar-refractivity contribution is 0.0774. The van der Waals surface area contributed by atoms with E-state index in [9.17, 15) is 4.79 Å². The Bertz CT molecular complexity index is 925. The Morgan fingerprint density at radius 3 is 2.50 bits per heavy atom. The Kier molecular flexibility index (Phi) is 6.93. The second-order valence-electron chi connectivity index (χ2n) is 8.36. The molecule has 160 valence electrons. The molecule has 2 unspecified atom stereocenters. The van der Waals surface area contributed by atoms with Gasteiger partial charge in [0, 0.05) is 47.9 Å². The van der Waals surface area contributed by atoms with Crippen LogP contribution >= 0.6 is 39.1 Å². The summed E-state index contributed by atoms with van der Waals surface area (Å²) in [6, 6.07) is 11.6. The van der Waals surface area contributed by atoms with Crippen LogP contribution < -0.4 is 5.32 Å². The average Bonchev–Trinajstić information content (AvgIpc) is 3.28. The van der Waals surface area contributed by atoms with Crippen molar-refractivity contribution in [2.45, 2.75) is 13.3 Å². The third kappa shape index (κ3) is 4.96. The van der Waals surface area contributed by atoms with E-state index in [0.717, 1.165) is 66.4 Å². The molecule has 1 N–H and O–H groups in total. The van der Waals surface area contributed by atoms with Crippen LogP contribution in [0.15, 0.2) is 40.9 Å². The van der Waals surface area contributed by atoms with Crippen molar-refractivity contribution in [1.29, 1.82) is 0 Å². The molecule has 0 spiro atoms. The van der Waals surface area contributed by atoms with E-state index in [1.807, 2.05) is 36.1 Å². The minimum atomic E-state index is 0.0446. The zero-order chi connectivity index (χ0) is 21.3. The molecule has 2 aromatic carbocycles. The molecule has 2 aliphatic rings. The van der Waals surface area contributed by atoms with Crippen molar-refractivity contribution in [2.24, 2.45) is 11.8 Å². The molecule has 0 aliphatic carbocycles. The fourth-order valence-corrected chi connectivity index (χ4v) is 5.25. The molecule has 2 heterocycles. The molecule has 2 atom stereocenters. The van der Waals surface area contributed by atoms with E-state index in [1.165, 1.54) is 0 Å². The summed E-state index contributed by atoms with van der Waals surface area (Å²) in [4.78, 5) is 17.4. The molecule has 0 aromatic heterocycles. The number of aryl methyl sites for hydroxylation is 1. The van der Waals surface area contributed by atoms with E-state index in [4.69, 9.17) is 23.2 Å². The van der Waals surface area contributed by atoms with Crippen molar-refractivity contribution in [3.05, 3.63) is 62.0 Å². The average molecular weight is 511 g/mol. The van der Waals surface area contributed by atoms with Gasteiger partial charge in [-0.25, -0.2) is 0 Å². The van der Waals surface area contributed by atoms with Crippen molar-refractivity contribution in [1.82, 2.24) is 9.80 Å². The smallest absolute Gasteiger partial charge is 0.255 e. The highest BCUT2D eigenvalue weighted by molar-refractivity contribution is 9.10. The Balaban J connectivity index is 1.22. The number of rotatable bonds is 6. The quantitative estimate of drug-likeness (QED) is 0.516. The van der Waals surface area contributed by atoms with Crippen LogP contribution in [0.3, 0.4) is 0 Å². The fraction of sp³-hybridized carbons (Fsp3) is 0.435. The van der Waals surface area contributed by atoms with E-state index >= 15 is 0 Å². The summed E-state index contributed by atoms with van der Waals surface area (Å²) < 4.78 is 0.877. The number of fused-ring (bicyclic) bond motifs is 1. The largest absolute Gasteiger partial charge is 0.385 e. The standard InChI is InChI=1S/C23H26BrCl2N3O/c1-15-3-5-19(10-22(15)26)27-7-2-8-28-11-16-13-29(14-17(16)12-28)23(30)20-9-18(24)4-6-21(20)25/h3-6,9-10,16-17,27H,2,7-8,11-14H2,1H3. The van der Waals surface area contributed by atoms with Crippen molar-refractivity contribution in [2.75, 3.05) is 44.6 Å². The number of halogens is 3. The number of amides is 1. The number of hydrogen-bond acceptors (Lipinski definition) is 3. The van der Waals surface area contributed by atoms with Gasteiger partial charge in [0.15, 0.2) is 0 Å². The summed E-state index contributed by atoms with van der Waals surface area (Å²) >= 11 is 15.9. The highest BCUT2D eigenvalue weighted by Gasteiger charge is 2.41. The van der Waals surface area contributed by atoms with Gasteiger partial charge < -0.3 is 15.1 Å². The summed E-state index contributed by atoms with van der Waals surface area (Å²) in [5.74, 6) is 1.16. The van der Waals surface area contributed by atoms with Crippen LogP contribution in [0.1, 0.15) is 22.3 Å². The minimum Gasteiger partial charge on any atom is -0.385 e. The Labute approximate surface area is 196 Å². The Morgan fingerprint density at radius 1 is 1.07 bits per heavy atom. The Hall–Kier alpha value is -1.27. The highest BCUT2D eigenvalue weighted by Crippen LogP contribution is 2.33. The number of nitrogens with one attached hydrogen (secondary N) is 1. The van der Waals surface area contributed by atoms with E-state index in [2.05, 4.69) is 32.2 Å². The van der Waals surface area contributed by atoms with Gasteiger partial charge in [0.25, 0.3) is 5.91 Å². The number of likely N-dealkylation sites (tertiary alicyclic amines) is 2. The lowest BCUT2D eigenvalue weighted by atomic mass is 10.0. The van der Waals surface area contributed by atoms with Gasteiger partial charge in [-0.2, -0.15) is 0 Å². The van der Waals surface area contributed by atoms with Gasteiger partial charge in [-0.15, -0.1) is 0 Å². The first kappa shape index (κ1) is 21.9. The van der Waals surface area contributed by atoms with Crippen molar-refractivity contribution in [3.8, 4) is 0 Å². The van der Waals surface area contributed by atoms with Crippen LogP contribution in [-0.2, 0) is 0 Å². The summed E-state index contributed by atoms with van der Waals surface area (Å²) in [5, 5.41) is 4.78. The van der Waals surface area contributed by atoms with E-state index in [1.54, 1.807) is 6.07 Å². The number of benzene rings is 2. The molecule has 2 aromatic rings. The topological polar surface area (TPSA) is 35.6 Å². The zero-order valence-electron chi connectivity index (χ0n) is 17.0. The maximum absolute atomic E-state index is 12.9. The number of carbonyl (C=O) groups is 1. The van der Waals surface area contributed by atoms with Crippen molar-refractivity contribution in [3.63, 3.8) is 0 Å². The first-order chi connectivity index (χ1) is 14.4. The second-order valence-corrected chi connectivity index (χ2v) is 10.1. The van der Waals surface area contributed by atoms with E-state index < -0.39 is 0 Å². The first-order valence-electron chi connectivity index (χ1n) is 10.4. The third-order valence-corrected chi connectivity index (χ3v) is 7.39. The molecule has 2 saturated heterocycles. The molecular weight excluding hydrogens is 485 g/mol. The van der Waals surface area contributed by atoms with Crippen LogP contribution in [0, 0.1) is 18.8 Å². The molecule has 30 heavy (non-hydrogen) atoms. The minimum absolute atomic E-state index is 0.0446. The van der Waals surface area contributed by atoms with Gasteiger partial charge in [-0.3, -0.25) is 4.79 Å². The predicted octanol–water partition coefficient (Wildman–Crippen LogP) is 5.57. The molecule has 0 bridgehead atoms. The number of anilines is 1. The van der Waals surface area contributed by atoms with Crippen LogP contribution in [0.2, 0.25) is 10.0 Å². The SMILES string of the molecule is Cc1ccc(NCCCN2CC3CN(C(=O)c4cc(Br)ccc4Cl)CC3C2)cc1Cl. The molecule has 4 nitrogen and oxygen atoms in total. The van der Waals surface area contributed by atoms with Crippen molar-refractivity contribution >= 4 is 50.7 Å². The van der Waals surface area contributed by atoms with Gasteiger partial charge in [0.2, 0.25) is 0 Å². The summed E-state index contributed by atoms with van der Waals surface area (Å²) in [5.41, 5.74) is 2.76. The molecule has 1 amide bonds. The lowest BCUT2D eigenvalue weighted by Gasteiger charge is -2.22. The molecule has 7 heteroatoms. The molecular formula is C23H26BrCl2N3O. The lowest BCUT2D eigenvalue weighted by Crippen LogP contribution is -2.34. The van der Waals surface area contributed by atoms with Crippen molar-refractivity contribution < 1.29 is 4.79 Å². The predicted molar refractivity (Wildman–Crippen MR) is 128 cm³/mol. The van der Waals surface area contributed by atoms with Crippen LogP contribution in [0.4, 0.5) is 5.69 Å². The van der Waals surface area contributed by atoms with Gasteiger partial charge in [-0.05, 0) is 67.6 Å². The highest BCUT2D eigenvalue weighted by atomic mass is 79.9. The Morgan fingerprint density at radius 2 is 1.80 bits per heavy atom. The normalized spacial score (nSPS) is 21.1. The summed E-state index contributed by atoms with van der Waals surface area (Å²) in [6.07, 6.45) is 1.08. The van der Waals surface area contributed by atoms with Crippen LogP contribution in [-0.4, -0.2) is 55.0 Å². The van der Waals surface area contributed by atoms with Crippen LogP contribution in [0.5, 0.6) is 0 Å². The second kappa shape index (κ2) is 9.47. The maximum Gasteiger partial charge on any atom is 0.255 e. The third-order valence-electron chi connectivity index (χ3n) is 6.16. The van der Waals surface area contributed by atoms with Gasteiger partial charge >= 0.3 is 0 Å². The monoisotopic (exact) mass is 509 g/mol. The molecule has 4 rings (SSSR count). The van der Waals surface area contributed by atoms with Gasteiger partial charge in [0.1, 0.15) is 0 Å². The number of hydrogen-bond donors (Lipinski definition) is 1. The van der Waals surface area contributed by atoms with Crippen LogP contribution in [0.25, 0.3) is 0 Å². The van der Waals surface area contributed by atoms with E-state index in [-0.39, 0.29) is 5.91 Å². The first-order valence-corrected chi connectivity index (χ1v) is 11.9.